The predicted octanol–water partition coefficient (Wildman–Crippen LogP) is 24.0. The molecule has 0 fully saturated rings. The standard InChI is InChI=1S/C75H130O6/c1-4-7-10-13-16-19-22-25-28-30-32-34-35-36-37-38-39-41-42-44-47-50-53-56-59-62-65-68-74(77)80-71-72(70-79-73(76)67-64-61-58-55-52-49-46-27-24-21-18-15-12-9-6-3)81-75(78)69-66-63-60-57-54-51-48-45-43-40-33-31-29-26-23-20-17-14-11-8-5-2/h7,9-10,12,16,18-19,21,25,27-28,31-34,46,72H,4-6,8,11,13-15,17,20,22-24,26,29-30,35-45,47-71H2,1-3H3/b10-7-,12-9-,19-16-,21-18-,28-25-,33-31-,34-32-,46-27-. The van der Waals surface area contributed by atoms with Crippen LogP contribution in [0.15, 0.2) is 97.2 Å². The number of unbranched alkanes of at least 4 members (excludes halogenated alkanes) is 36. The molecule has 81 heavy (non-hydrogen) atoms. The topological polar surface area (TPSA) is 78.9 Å². The van der Waals surface area contributed by atoms with Gasteiger partial charge < -0.3 is 14.2 Å². The van der Waals surface area contributed by atoms with Gasteiger partial charge in [0.25, 0.3) is 0 Å². The van der Waals surface area contributed by atoms with Crippen molar-refractivity contribution in [2.75, 3.05) is 13.2 Å². The Morgan fingerprint density at radius 1 is 0.259 bits per heavy atom. The van der Waals surface area contributed by atoms with E-state index in [0.717, 1.165) is 122 Å². The molecule has 0 aliphatic heterocycles. The summed E-state index contributed by atoms with van der Waals surface area (Å²) in [7, 11) is 0. The first kappa shape index (κ1) is 77.3. The molecule has 0 saturated carbocycles. The second-order valence-corrected chi connectivity index (χ2v) is 23.0. The SMILES string of the molecule is CC/C=C\C/C=C\C/C=C\C/C=C\CCCCCCCCCCCCCCCCC(=O)OCC(COC(=O)CCCCCCC/C=C\C/C=C\C/C=C\CC)OC(=O)CCCCCCCCCCC/C=C\CCCCCCCCCC. The highest BCUT2D eigenvalue weighted by Crippen LogP contribution is 2.17. The maximum Gasteiger partial charge on any atom is 0.306 e. The van der Waals surface area contributed by atoms with Crippen LogP contribution >= 0.6 is 0 Å². The zero-order valence-corrected chi connectivity index (χ0v) is 53.5. The lowest BCUT2D eigenvalue weighted by Crippen LogP contribution is -2.30. The van der Waals surface area contributed by atoms with Crippen molar-refractivity contribution in [3.63, 3.8) is 0 Å². The second kappa shape index (κ2) is 68.8. The maximum absolute atomic E-state index is 13.0. The predicted molar refractivity (Wildman–Crippen MR) is 353 cm³/mol. The van der Waals surface area contributed by atoms with Gasteiger partial charge in [-0.3, -0.25) is 14.4 Å². The molecule has 0 aliphatic carbocycles. The van der Waals surface area contributed by atoms with Gasteiger partial charge in [0.15, 0.2) is 6.10 Å². The molecule has 0 rings (SSSR count). The zero-order chi connectivity index (χ0) is 58.5. The lowest BCUT2D eigenvalue weighted by molar-refractivity contribution is -0.167. The third-order valence-electron chi connectivity index (χ3n) is 15.1. The molecule has 0 N–H and O–H groups in total. The van der Waals surface area contributed by atoms with Crippen molar-refractivity contribution in [2.45, 2.75) is 348 Å². The first-order valence-corrected chi connectivity index (χ1v) is 34.7. The van der Waals surface area contributed by atoms with Gasteiger partial charge in [-0.25, -0.2) is 0 Å². The largest absolute Gasteiger partial charge is 0.462 e. The van der Waals surface area contributed by atoms with Crippen molar-refractivity contribution in [2.24, 2.45) is 0 Å². The fraction of sp³-hybridized carbons (Fsp3) is 0.747. The third-order valence-corrected chi connectivity index (χ3v) is 15.1. The van der Waals surface area contributed by atoms with Gasteiger partial charge in [0.2, 0.25) is 0 Å². The summed E-state index contributed by atoms with van der Waals surface area (Å²) in [4.78, 5) is 38.4. The highest BCUT2D eigenvalue weighted by molar-refractivity contribution is 5.71. The minimum atomic E-state index is -0.788. The summed E-state index contributed by atoms with van der Waals surface area (Å²) < 4.78 is 17.0. The Kier molecular flexibility index (Phi) is 65.7. The Morgan fingerprint density at radius 2 is 0.481 bits per heavy atom. The molecule has 1 atom stereocenters. The Balaban J connectivity index is 4.31. The summed E-state index contributed by atoms with van der Waals surface area (Å²) in [6, 6.07) is 0. The first-order chi connectivity index (χ1) is 40.0. The van der Waals surface area contributed by atoms with Crippen molar-refractivity contribution < 1.29 is 28.6 Å². The van der Waals surface area contributed by atoms with E-state index in [1.807, 2.05) is 0 Å². The summed E-state index contributed by atoms with van der Waals surface area (Å²) >= 11 is 0. The van der Waals surface area contributed by atoms with Gasteiger partial charge in [-0.05, 0) is 116 Å². The fourth-order valence-electron chi connectivity index (χ4n) is 9.92. The van der Waals surface area contributed by atoms with E-state index in [1.165, 1.54) is 180 Å². The van der Waals surface area contributed by atoms with Crippen LogP contribution in [0, 0.1) is 0 Å². The normalized spacial score (nSPS) is 12.7. The van der Waals surface area contributed by atoms with E-state index in [0.29, 0.717) is 19.3 Å². The quantitative estimate of drug-likeness (QED) is 0.0261. The Bertz CT molecular complexity index is 1580. The third kappa shape index (κ3) is 67.0. The van der Waals surface area contributed by atoms with Gasteiger partial charge in [-0.1, -0.05) is 304 Å². The van der Waals surface area contributed by atoms with Crippen LogP contribution in [0.5, 0.6) is 0 Å². The van der Waals surface area contributed by atoms with E-state index in [4.69, 9.17) is 14.2 Å². The molecule has 6 heteroatoms. The van der Waals surface area contributed by atoms with Crippen LogP contribution in [0.1, 0.15) is 342 Å². The van der Waals surface area contributed by atoms with Gasteiger partial charge in [-0.2, -0.15) is 0 Å². The Labute approximate surface area is 502 Å². The fourth-order valence-corrected chi connectivity index (χ4v) is 9.92. The molecular formula is C75H130O6. The molecule has 0 heterocycles. The molecule has 0 spiro atoms. The van der Waals surface area contributed by atoms with Crippen LogP contribution in [-0.2, 0) is 28.6 Å². The number of carbonyl (C=O) groups excluding carboxylic acids is 3. The van der Waals surface area contributed by atoms with E-state index in [9.17, 15) is 14.4 Å². The van der Waals surface area contributed by atoms with Crippen LogP contribution in [0.25, 0.3) is 0 Å². The first-order valence-electron chi connectivity index (χ1n) is 34.7. The molecule has 0 bridgehead atoms. The monoisotopic (exact) mass is 1130 g/mol. The lowest BCUT2D eigenvalue weighted by Gasteiger charge is -2.18. The molecule has 0 aromatic heterocycles. The summed E-state index contributed by atoms with van der Waals surface area (Å²) in [5, 5.41) is 0. The number of allylic oxidation sites excluding steroid dienone is 16. The number of esters is 3. The smallest absolute Gasteiger partial charge is 0.306 e. The minimum Gasteiger partial charge on any atom is -0.462 e. The van der Waals surface area contributed by atoms with Gasteiger partial charge >= 0.3 is 17.9 Å². The van der Waals surface area contributed by atoms with Crippen molar-refractivity contribution in [3.05, 3.63) is 97.2 Å². The number of hydrogen-bond donors (Lipinski definition) is 0. The van der Waals surface area contributed by atoms with Crippen LogP contribution in [0.2, 0.25) is 0 Å². The molecule has 1 unspecified atom stereocenters. The molecule has 0 aromatic rings. The molecule has 0 radical (unpaired) electrons. The molecule has 0 aromatic carbocycles. The van der Waals surface area contributed by atoms with Gasteiger partial charge in [0.1, 0.15) is 13.2 Å². The average molecular weight is 1130 g/mol. The summed E-state index contributed by atoms with van der Waals surface area (Å²) in [5.41, 5.74) is 0. The van der Waals surface area contributed by atoms with Gasteiger partial charge in [-0.15, -0.1) is 0 Å². The average Bonchev–Trinajstić information content (AvgIpc) is 3.47. The lowest BCUT2D eigenvalue weighted by atomic mass is 10.0. The highest BCUT2D eigenvalue weighted by Gasteiger charge is 2.19. The number of rotatable bonds is 63. The number of ether oxygens (including phenoxy) is 3. The summed E-state index contributed by atoms with van der Waals surface area (Å²) in [5.74, 6) is -0.887. The van der Waals surface area contributed by atoms with Crippen LogP contribution in [-0.4, -0.2) is 37.2 Å². The summed E-state index contributed by atoms with van der Waals surface area (Å²) in [6.45, 7) is 6.44. The van der Waals surface area contributed by atoms with E-state index in [-0.39, 0.29) is 31.1 Å². The molecule has 0 amide bonds. The molecule has 466 valence electrons. The van der Waals surface area contributed by atoms with E-state index < -0.39 is 6.10 Å². The minimum absolute atomic E-state index is 0.0822. The molecular weight excluding hydrogens is 997 g/mol. The number of carbonyl (C=O) groups is 3. The Morgan fingerprint density at radius 3 is 0.765 bits per heavy atom. The van der Waals surface area contributed by atoms with E-state index in [2.05, 4.69) is 118 Å². The summed E-state index contributed by atoms with van der Waals surface area (Å²) in [6.07, 6.45) is 92.9. The van der Waals surface area contributed by atoms with Crippen molar-refractivity contribution in [3.8, 4) is 0 Å². The van der Waals surface area contributed by atoms with Gasteiger partial charge in [0.05, 0.1) is 0 Å². The molecule has 0 aliphatic rings. The van der Waals surface area contributed by atoms with Crippen molar-refractivity contribution >= 4 is 17.9 Å². The molecule has 0 saturated heterocycles. The van der Waals surface area contributed by atoms with Gasteiger partial charge in [0, 0.05) is 19.3 Å². The van der Waals surface area contributed by atoms with Crippen LogP contribution < -0.4 is 0 Å². The van der Waals surface area contributed by atoms with Crippen molar-refractivity contribution in [1.82, 2.24) is 0 Å². The second-order valence-electron chi connectivity index (χ2n) is 23.0. The van der Waals surface area contributed by atoms with Crippen molar-refractivity contribution in [1.29, 1.82) is 0 Å². The maximum atomic E-state index is 13.0. The van der Waals surface area contributed by atoms with E-state index >= 15 is 0 Å². The molecule has 6 nitrogen and oxygen atoms in total. The highest BCUT2D eigenvalue weighted by atomic mass is 16.6. The van der Waals surface area contributed by atoms with Crippen LogP contribution in [0.3, 0.4) is 0 Å². The Hall–Kier alpha value is -3.67. The zero-order valence-electron chi connectivity index (χ0n) is 53.5. The van der Waals surface area contributed by atoms with Crippen LogP contribution in [0.4, 0.5) is 0 Å². The number of hydrogen-bond acceptors (Lipinski definition) is 6. The van der Waals surface area contributed by atoms with E-state index in [1.54, 1.807) is 0 Å².